The van der Waals surface area contributed by atoms with Crippen LogP contribution in [0.2, 0.25) is 0 Å². The van der Waals surface area contributed by atoms with Gasteiger partial charge in [-0.15, -0.1) is 0 Å². The zero-order valence-electron chi connectivity index (χ0n) is 10.2. The second-order valence-corrected chi connectivity index (χ2v) is 3.97. The highest BCUT2D eigenvalue weighted by molar-refractivity contribution is 5.98. The smallest absolute Gasteiger partial charge is 0.200 e. The van der Waals surface area contributed by atoms with Crippen molar-refractivity contribution in [3.63, 3.8) is 0 Å². The highest BCUT2D eigenvalue weighted by Gasteiger charge is 2.12. The first kappa shape index (κ1) is 11.9. The lowest BCUT2D eigenvalue weighted by Crippen LogP contribution is -2.03. The van der Waals surface area contributed by atoms with E-state index in [1.807, 2.05) is 32.0 Å². The fourth-order valence-electron chi connectivity index (χ4n) is 1.78. The van der Waals surface area contributed by atoms with Gasteiger partial charge in [-0.1, -0.05) is 18.2 Å². The summed E-state index contributed by atoms with van der Waals surface area (Å²) in [5.74, 6) is 0.419. The van der Waals surface area contributed by atoms with Gasteiger partial charge in [0.2, 0.25) is 0 Å². The van der Waals surface area contributed by atoms with E-state index in [9.17, 15) is 4.79 Å². The monoisotopic (exact) mass is 232 g/mol. The van der Waals surface area contributed by atoms with E-state index in [4.69, 9.17) is 9.15 Å². The molecule has 3 nitrogen and oxygen atoms in total. The molecule has 1 heterocycles. The highest BCUT2D eigenvalue weighted by atomic mass is 16.5. The van der Waals surface area contributed by atoms with Crippen LogP contribution in [0.15, 0.2) is 28.7 Å². The number of para-hydroxylation sites is 1. The minimum absolute atomic E-state index is 0.00551. The van der Waals surface area contributed by atoms with E-state index in [0.717, 1.165) is 16.5 Å². The van der Waals surface area contributed by atoms with Crippen molar-refractivity contribution in [2.75, 3.05) is 13.2 Å². The summed E-state index contributed by atoms with van der Waals surface area (Å²) in [7, 11) is 0. The van der Waals surface area contributed by atoms with Gasteiger partial charge in [0.25, 0.3) is 0 Å². The van der Waals surface area contributed by atoms with Crippen molar-refractivity contribution in [1.29, 1.82) is 0 Å². The molecule has 2 aromatic rings. The maximum atomic E-state index is 11.8. The lowest BCUT2D eigenvalue weighted by molar-refractivity contribution is 0.0872. The summed E-state index contributed by atoms with van der Waals surface area (Å²) < 4.78 is 10.7. The minimum Gasteiger partial charge on any atom is -0.453 e. The zero-order valence-corrected chi connectivity index (χ0v) is 10.2. The molecule has 0 aliphatic carbocycles. The van der Waals surface area contributed by atoms with Crippen LogP contribution in [0.4, 0.5) is 0 Å². The Kier molecular flexibility index (Phi) is 3.59. The number of fused-ring (bicyclic) bond motifs is 1. The average Bonchev–Trinajstić information content (AvgIpc) is 2.75. The lowest BCUT2D eigenvalue weighted by Gasteiger charge is -1.98. The molecule has 1 aromatic carbocycles. The molecule has 0 atom stereocenters. The van der Waals surface area contributed by atoms with E-state index >= 15 is 0 Å². The number of furan rings is 1. The summed E-state index contributed by atoms with van der Waals surface area (Å²) in [4.78, 5) is 11.8. The van der Waals surface area contributed by atoms with Crippen LogP contribution in [0.25, 0.3) is 11.0 Å². The quantitative estimate of drug-likeness (QED) is 0.586. The Morgan fingerprint density at radius 2 is 2.24 bits per heavy atom. The van der Waals surface area contributed by atoms with Gasteiger partial charge in [0.15, 0.2) is 11.5 Å². The maximum Gasteiger partial charge on any atom is 0.200 e. The van der Waals surface area contributed by atoms with Crippen LogP contribution in [0.1, 0.15) is 29.5 Å². The standard InChI is InChI=1S/C14H16O3/c1-3-16-8-7-12(15)13-9-11-6-4-5-10(2)14(11)17-13/h4-6,9H,3,7-8H2,1-2H3. The summed E-state index contributed by atoms with van der Waals surface area (Å²) in [5, 5.41) is 0.977. The normalized spacial score (nSPS) is 10.9. The van der Waals surface area contributed by atoms with Gasteiger partial charge in [0.1, 0.15) is 5.58 Å². The van der Waals surface area contributed by atoms with Crippen LogP contribution in [0.3, 0.4) is 0 Å². The summed E-state index contributed by atoms with van der Waals surface area (Å²) in [6, 6.07) is 7.68. The van der Waals surface area contributed by atoms with Gasteiger partial charge < -0.3 is 9.15 Å². The van der Waals surface area contributed by atoms with Crippen molar-refractivity contribution < 1.29 is 13.9 Å². The van der Waals surface area contributed by atoms with Crippen LogP contribution < -0.4 is 0 Å². The molecule has 0 radical (unpaired) electrons. The van der Waals surface area contributed by atoms with E-state index in [2.05, 4.69) is 0 Å². The first-order chi connectivity index (χ1) is 8.22. The van der Waals surface area contributed by atoms with Gasteiger partial charge in [0, 0.05) is 18.4 Å². The fraction of sp³-hybridized carbons (Fsp3) is 0.357. The van der Waals surface area contributed by atoms with Gasteiger partial charge >= 0.3 is 0 Å². The Morgan fingerprint density at radius 3 is 2.94 bits per heavy atom. The van der Waals surface area contributed by atoms with E-state index < -0.39 is 0 Å². The Morgan fingerprint density at radius 1 is 1.41 bits per heavy atom. The second-order valence-electron chi connectivity index (χ2n) is 3.97. The third-order valence-electron chi connectivity index (χ3n) is 2.69. The van der Waals surface area contributed by atoms with E-state index in [-0.39, 0.29) is 5.78 Å². The fourth-order valence-corrected chi connectivity index (χ4v) is 1.78. The largest absolute Gasteiger partial charge is 0.453 e. The Balaban J connectivity index is 2.19. The molecular formula is C14H16O3. The van der Waals surface area contributed by atoms with Gasteiger partial charge in [0.05, 0.1) is 6.61 Å². The maximum absolute atomic E-state index is 11.8. The molecule has 0 aliphatic heterocycles. The van der Waals surface area contributed by atoms with E-state index in [1.54, 1.807) is 6.07 Å². The van der Waals surface area contributed by atoms with Crippen LogP contribution in [0, 0.1) is 6.92 Å². The van der Waals surface area contributed by atoms with Crippen molar-refractivity contribution in [3.8, 4) is 0 Å². The molecule has 0 aliphatic rings. The Bertz CT molecular complexity index is 525. The number of benzene rings is 1. The predicted octanol–water partition coefficient (Wildman–Crippen LogP) is 3.35. The van der Waals surface area contributed by atoms with Gasteiger partial charge in [-0.2, -0.15) is 0 Å². The van der Waals surface area contributed by atoms with Gasteiger partial charge in [-0.05, 0) is 25.5 Å². The molecule has 90 valence electrons. The molecular weight excluding hydrogens is 216 g/mol. The molecule has 0 fully saturated rings. The van der Waals surface area contributed by atoms with Gasteiger partial charge in [-0.25, -0.2) is 0 Å². The molecule has 0 saturated heterocycles. The van der Waals surface area contributed by atoms with Crippen molar-refractivity contribution in [3.05, 3.63) is 35.6 Å². The van der Waals surface area contributed by atoms with Crippen molar-refractivity contribution in [1.82, 2.24) is 0 Å². The Labute approximate surface area is 100 Å². The summed E-state index contributed by atoms with van der Waals surface area (Å²) in [6.07, 6.45) is 0.368. The molecule has 0 unspecified atom stereocenters. The third-order valence-corrected chi connectivity index (χ3v) is 2.69. The number of carbonyl (C=O) groups is 1. The SMILES string of the molecule is CCOCCC(=O)c1cc2cccc(C)c2o1. The molecule has 0 spiro atoms. The van der Waals surface area contributed by atoms with E-state index in [0.29, 0.717) is 25.4 Å². The molecule has 0 N–H and O–H groups in total. The average molecular weight is 232 g/mol. The lowest BCUT2D eigenvalue weighted by atomic mass is 10.1. The summed E-state index contributed by atoms with van der Waals surface area (Å²) >= 11 is 0. The van der Waals surface area contributed by atoms with Crippen LogP contribution in [-0.4, -0.2) is 19.0 Å². The minimum atomic E-state index is -0.00551. The van der Waals surface area contributed by atoms with Crippen LogP contribution in [0.5, 0.6) is 0 Å². The zero-order chi connectivity index (χ0) is 12.3. The second kappa shape index (κ2) is 5.15. The van der Waals surface area contributed by atoms with Crippen LogP contribution in [-0.2, 0) is 4.74 Å². The summed E-state index contributed by atoms with van der Waals surface area (Å²) in [6.45, 7) is 4.97. The number of carbonyl (C=O) groups excluding carboxylic acids is 1. The van der Waals surface area contributed by atoms with E-state index in [1.165, 1.54) is 0 Å². The summed E-state index contributed by atoms with van der Waals surface area (Å²) in [5.41, 5.74) is 1.85. The number of rotatable bonds is 5. The predicted molar refractivity (Wildman–Crippen MR) is 66.4 cm³/mol. The van der Waals surface area contributed by atoms with Crippen molar-refractivity contribution in [2.24, 2.45) is 0 Å². The van der Waals surface area contributed by atoms with Crippen molar-refractivity contribution in [2.45, 2.75) is 20.3 Å². The number of hydrogen-bond acceptors (Lipinski definition) is 3. The topological polar surface area (TPSA) is 39.4 Å². The number of aryl methyl sites for hydroxylation is 1. The molecule has 2 rings (SSSR count). The molecule has 0 saturated carbocycles. The molecule has 0 amide bonds. The highest BCUT2D eigenvalue weighted by Crippen LogP contribution is 2.23. The number of Topliss-reactive ketones (excluding diaryl/α,β-unsaturated/α-hetero) is 1. The Hall–Kier alpha value is -1.61. The molecule has 17 heavy (non-hydrogen) atoms. The first-order valence-electron chi connectivity index (χ1n) is 5.82. The number of hydrogen-bond donors (Lipinski definition) is 0. The molecule has 3 heteroatoms. The molecule has 0 bridgehead atoms. The van der Waals surface area contributed by atoms with Crippen LogP contribution >= 0.6 is 0 Å². The number of ketones is 1. The van der Waals surface area contributed by atoms with Gasteiger partial charge in [-0.3, -0.25) is 4.79 Å². The number of ether oxygens (including phenoxy) is 1. The third kappa shape index (κ3) is 2.56. The van der Waals surface area contributed by atoms with Crippen molar-refractivity contribution >= 4 is 16.8 Å². The molecule has 1 aromatic heterocycles. The first-order valence-corrected chi connectivity index (χ1v) is 5.82.